The smallest absolute Gasteiger partial charge is 0.0579 e. The van der Waals surface area contributed by atoms with Gasteiger partial charge in [0, 0.05) is 38.8 Å². The van der Waals surface area contributed by atoms with Gasteiger partial charge in [0.1, 0.15) is 0 Å². The largest absolute Gasteiger partial charge is 0.310 e. The molecule has 0 spiro atoms. The summed E-state index contributed by atoms with van der Waals surface area (Å²) in [7, 11) is -4.14. The van der Waals surface area contributed by atoms with Gasteiger partial charge in [-0.25, -0.2) is 0 Å². The predicted molar refractivity (Wildman–Crippen MR) is 263 cm³/mol. The van der Waals surface area contributed by atoms with Crippen LogP contribution in [0.3, 0.4) is 0 Å². The minimum atomic E-state index is -2.07. The lowest BCUT2D eigenvalue weighted by atomic mass is 9.91. The molecule has 8 aromatic rings. The van der Waals surface area contributed by atoms with Gasteiger partial charge in [-0.15, -0.1) is 0 Å². The normalized spacial score (nSPS) is 13.4. The van der Waals surface area contributed by atoms with Crippen molar-refractivity contribution in [3.05, 3.63) is 191 Å². The molecule has 0 atom stereocenters. The highest BCUT2D eigenvalue weighted by Gasteiger charge is 2.60. The van der Waals surface area contributed by atoms with Crippen molar-refractivity contribution in [2.75, 3.05) is 9.80 Å². The van der Waals surface area contributed by atoms with Crippen LogP contribution in [0.5, 0.6) is 0 Å². The fourth-order valence-corrected chi connectivity index (χ4v) is 24.2. The second kappa shape index (κ2) is 14.3. The third kappa shape index (κ3) is 6.10. The Balaban J connectivity index is 1.37. The number of hydrogen-bond donors (Lipinski definition) is 0. The van der Waals surface area contributed by atoms with E-state index in [0.29, 0.717) is 0 Å². The van der Waals surface area contributed by atoms with Crippen LogP contribution < -0.4 is 9.80 Å². The van der Waals surface area contributed by atoms with E-state index in [4.69, 9.17) is 0 Å². The van der Waals surface area contributed by atoms with E-state index in [1.807, 2.05) is 0 Å². The highest BCUT2D eigenvalue weighted by atomic mass is 28.4. The maximum atomic E-state index is 2.64. The van der Waals surface area contributed by atoms with Crippen molar-refractivity contribution in [1.82, 2.24) is 0 Å². The van der Waals surface area contributed by atoms with E-state index in [9.17, 15) is 0 Å². The summed E-state index contributed by atoms with van der Waals surface area (Å²) < 4.78 is -0.0815. The molecule has 8 aromatic carbocycles. The minimum Gasteiger partial charge on any atom is -0.310 e. The Hall–Kier alpha value is -5.69. The zero-order chi connectivity index (χ0) is 41.4. The Morgan fingerprint density at radius 3 is 1.37 bits per heavy atom. The molecule has 0 aromatic heterocycles. The summed E-state index contributed by atoms with van der Waals surface area (Å²) in [5, 5.41) is 5.40. The minimum absolute atomic E-state index is 0.0815. The second-order valence-electron chi connectivity index (χ2n) is 18.9. The molecule has 0 heterocycles. The molecule has 1 aliphatic carbocycles. The lowest BCUT2D eigenvalue weighted by Gasteiger charge is -2.52. The Kier molecular flexibility index (Phi) is 9.37. The van der Waals surface area contributed by atoms with E-state index < -0.39 is 16.1 Å². The van der Waals surface area contributed by atoms with E-state index in [2.05, 4.69) is 235 Å². The molecule has 1 aliphatic rings. The van der Waals surface area contributed by atoms with Crippen molar-refractivity contribution < 1.29 is 0 Å². The van der Waals surface area contributed by atoms with E-state index in [1.165, 1.54) is 88.9 Å². The van der Waals surface area contributed by atoms with Gasteiger partial charge in [0.2, 0.25) is 0 Å². The number of anilines is 6. The van der Waals surface area contributed by atoms with Gasteiger partial charge in [0.25, 0.3) is 0 Å². The molecule has 0 unspecified atom stereocenters. The van der Waals surface area contributed by atoms with Crippen molar-refractivity contribution in [1.29, 1.82) is 0 Å². The average molecular weight is 801 g/mol. The monoisotopic (exact) mass is 800 g/mol. The SMILES string of the molecule is Cc1ccc(N(c2ccccc2)c2ccc3c(c2)C([Si](C)(C)C)([Si](C)(C)C)c2c-3c3ccccc3c3cc(N(c4ccccc4)c4ccc(C)cc4C)ccc23)c(C)c1. The highest BCUT2D eigenvalue weighted by Crippen LogP contribution is 2.62. The van der Waals surface area contributed by atoms with Gasteiger partial charge in [0.15, 0.2) is 0 Å². The standard InChI is InChI=1S/C55H56N2Si2/c1-37-25-31-51(39(3)33-37)56(41-19-13-11-14-20-41)43-27-29-47-49(35-43)45-23-17-18-24-46(45)53-48-30-28-44(36-50(48)55(54(47)53,58(5,6)7)59(8,9)10)57(42-21-15-12-16-22-42)52-32-26-38(2)34-40(52)4/h11-36H,1-10H3. The van der Waals surface area contributed by atoms with Crippen LogP contribution >= 0.6 is 0 Å². The van der Waals surface area contributed by atoms with Gasteiger partial charge < -0.3 is 9.80 Å². The molecule has 4 heteroatoms. The Morgan fingerprint density at radius 1 is 0.390 bits per heavy atom. The molecular weight excluding hydrogens is 745 g/mol. The number of rotatable bonds is 8. The van der Waals surface area contributed by atoms with E-state index >= 15 is 0 Å². The first-order valence-electron chi connectivity index (χ1n) is 21.2. The topological polar surface area (TPSA) is 6.48 Å². The average Bonchev–Trinajstić information content (AvgIpc) is 3.53. The van der Waals surface area contributed by atoms with E-state index in [-0.39, 0.29) is 4.66 Å². The first-order chi connectivity index (χ1) is 28.2. The van der Waals surface area contributed by atoms with Gasteiger partial charge in [0.05, 0.1) is 16.1 Å². The third-order valence-electron chi connectivity index (χ3n) is 13.0. The van der Waals surface area contributed by atoms with Crippen LogP contribution in [0.4, 0.5) is 34.1 Å². The Labute approximate surface area is 353 Å². The third-order valence-corrected chi connectivity index (χ3v) is 23.1. The maximum absolute atomic E-state index is 2.64. The van der Waals surface area contributed by atoms with Crippen LogP contribution in [0.1, 0.15) is 33.4 Å². The Morgan fingerprint density at radius 2 is 0.864 bits per heavy atom. The number of nitrogens with zero attached hydrogens (tertiary/aromatic N) is 2. The summed E-state index contributed by atoms with van der Waals surface area (Å²) in [6.07, 6.45) is 0. The molecule has 294 valence electrons. The highest BCUT2D eigenvalue weighted by molar-refractivity contribution is 7.00. The van der Waals surface area contributed by atoms with E-state index in [1.54, 1.807) is 5.56 Å². The lowest BCUT2D eigenvalue weighted by molar-refractivity contribution is 0.962. The summed E-state index contributed by atoms with van der Waals surface area (Å²) in [6, 6.07) is 59.6. The zero-order valence-electron chi connectivity index (χ0n) is 36.4. The molecule has 0 amide bonds. The molecule has 9 rings (SSSR count). The Bertz CT molecular complexity index is 2890. The molecular formula is C55H56N2Si2. The molecule has 0 N–H and O–H groups in total. The quantitative estimate of drug-likeness (QED) is 0.112. The molecule has 0 saturated heterocycles. The molecule has 0 radical (unpaired) electrons. The van der Waals surface area contributed by atoms with Gasteiger partial charge in [-0.05, 0) is 143 Å². The van der Waals surface area contributed by atoms with Crippen molar-refractivity contribution >= 4 is 71.8 Å². The van der Waals surface area contributed by atoms with Gasteiger partial charge >= 0.3 is 0 Å². The van der Waals surface area contributed by atoms with Crippen LogP contribution in [0.2, 0.25) is 39.3 Å². The molecule has 0 saturated carbocycles. The van der Waals surface area contributed by atoms with Gasteiger partial charge in [-0.2, -0.15) is 0 Å². The van der Waals surface area contributed by atoms with Crippen molar-refractivity contribution in [3.8, 4) is 11.1 Å². The van der Waals surface area contributed by atoms with Crippen LogP contribution in [-0.2, 0) is 4.66 Å². The summed E-state index contributed by atoms with van der Waals surface area (Å²) >= 11 is 0. The van der Waals surface area contributed by atoms with Crippen LogP contribution in [-0.4, -0.2) is 16.1 Å². The maximum Gasteiger partial charge on any atom is 0.0579 e. The predicted octanol–water partition coefficient (Wildman–Crippen LogP) is 16.2. The lowest BCUT2D eigenvalue weighted by Crippen LogP contribution is -2.63. The van der Waals surface area contributed by atoms with Crippen molar-refractivity contribution in [2.45, 2.75) is 71.6 Å². The van der Waals surface area contributed by atoms with Crippen molar-refractivity contribution in [3.63, 3.8) is 0 Å². The molecule has 0 aliphatic heterocycles. The summed E-state index contributed by atoms with van der Waals surface area (Å²) in [5.41, 5.74) is 18.2. The zero-order valence-corrected chi connectivity index (χ0v) is 38.4. The molecule has 0 bridgehead atoms. The molecule has 2 nitrogen and oxygen atoms in total. The fourth-order valence-electron chi connectivity index (χ4n) is 11.1. The molecule has 59 heavy (non-hydrogen) atoms. The summed E-state index contributed by atoms with van der Waals surface area (Å²) in [5.74, 6) is 0. The van der Waals surface area contributed by atoms with Crippen LogP contribution in [0.25, 0.3) is 32.7 Å². The first kappa shape index (κ1) is 38.8. The first-order valence-corrected chi connectivity index (χ1v) is 28.2. The second-order valence-corrected chi connectivity index (χ2v) is 29.9. The number of aryl methyl sites for hydroxylation is 4. The number of benzene rings is 8. The number of para-hydroxylation sites is 2. The molecule has 0 fully saturated rings. The fraction of sp³-hybridized carbons (Fsp3) is 0.200. The summed E-state index contributed by atoms with van der Waals surface area (Å²) in [6.45, 7) is 24.7. The summed E-state index contributed by atoms with van der Waals surface area (Å²) in [4.78, 5) is 4.94. The van der Waals surface area contributed by atoms with Crippen LogP contribution in [0.15, 0.2) is 158 Å². The van der Waals surface area contributed by atoms with E-state index in [0.717, 1.165) is 5.69 Å². The number of fused-ring (bicyclic) bond motifs is 8. The van der Waals surface area contributed by atoms with Crippen molar-refractivity contribution in [2.24, 2.45) is 0 Å². The van der Waals surface area contributed by atoms with Gasteiger partial charge in [-0.3, -0.25) is 0 Å². The van der Waals surface area contributed by atoms with Crippen LogP contribution in [0, 0.1) is 27.7 Å². The van der Waals surface area contributed by atoms with Gasteiger partial charge in [-0.1, -0.05) is 147 Å². The number of hydrogen-bond acceptors (Lipinski definition) is 2.